The van der Waals surface area contributed by atoms with Crippen molar-refractivity contribution in [2.24, 2.45) is 12.8 Å². The van der Waals surface area contributed by atoms with E-state index in [1.807, 2.05) is 38.4 Å². The minimum absolute atomic E-state index is 0.162. The minimum Gasteiger partial charge on any atom is -0.493 e. The van der Waals surface area contributed by atoms with E-state index in [1.165, 1.54) is 5.56 Å². The molecule has 0 spiro atoms. The lowest BCUT2D eigenvalue weighted by molar-refractivity contribution is 0.173. The molecule has 0 bridgehead atoms. The molecule has 2 rings (SSSR count). The molecule has 0 amide bonds. The van der Waals surface area contributed by atoms with Gasteiger partial charge in [0.15, 0.2) is 11.5 Å². The van der Waals surface area contributed by atoms with Crippen molar-refractivity contribution in [1.29, 1.82) is 0 Å². The zero-order valence-electron chi connectivity index (χ0n) is 13.0. The third-order valence-corrected chi connectivity index (χ3v) is 3.42. The van der Waals surface area contributed by atoms with E-state index in [0.29, 0.717) is 5.75 Å². The Morgan fingerprint density at radius 2 is 2.10 bits per heavy atom. The highest BCUT2D eigenvalue weighted by molar-refractivity contribution is 5.43. The number of aryl methyl sites for hydroxylation is 2. The fraction of sp³-hybridized carbons (Fsp3) is 0.438. The number of aromatic nitrogens is 2. The Labute approximate surface area is 125 Å². The zero-order valence-corrected chi connectivity index (χ0v) is 13.0. The van der Waals surface area contributed by atoms with Crippen molar-refractivity contribution in [1.82, 2.24) is 9.78 Å². The molecule has 2 unspecified atom stereocenters. The first kappa shape index (κ1) is 15.4. The third-order valence-electron chi connectivity index (χ3n) is 3.42. The molecule has 114 valence electrons. The van der Waals surface area contributed by atoms with Crippen molar-refractivity contribution in [2.45, 2.75) is 32.4 Å². The highest BCUT2D eigenvalue weighted by Crippen LogP contribution is 2.33. The van der Waals surface area contributed by atoms with E-state index in [9.17, 15) is 0 Å². The van der Waals surface area contributed by atoms with Crippen LogP contribution in [0.3, 0.4) is 0 Å². The second kappa shape index (κ2) is 6.63. The van der Waals surface area contributed by atoms with Gasteiger partial charge in [-0.25, -0.2) is 0 Å². The van der Waals surface area contributed by atoms with Gasteiger partial charge in [0.05, 0.1) is 13.3 Å². The SMILES string of the molecule is CCc1ccc(OC(c2cnn(C)c2)C(C)N)c(OC)c1. The normalized spacial score (nSPS) is 13.8. The molecular formula is C16H23N3O2. The summed E-state index contributed by atoms with van der Waals surface area (Å²) in [6.07, 6.45) is 4.39. The standard InChI is InChI=1S/C16H23N3O2/c1-5-12-6-7-14(15(8-12)20-4)21-16(11(2)17)13-9-18-19(3)10-13/h6-11,16H,5,17H2,1-4H3. The number of hydrogen-bond donors (Lipinski definition) is 1. The second-order valence-corrected chi connectivity index (χ2v) is 5.18. The predicted octanol–water partition coefficient (Wildman–Crippen LogP) is 2.46. The molecule has 0 aliphatic carbocycles. The Balaban J connectivity index is 2.29. The Kier molecular flexibility index (Phi) is 4.85. The molecule has 2 aromatic rings. The third kappa shape index (κ3) is 3.55. The first-order valence-electron chi connectivity index (χ1n) is 7.12. The Morgan fingerprint density at radius 3 is 2.62 bits per heavy atom. The van der Waals surface area contributed by atoms with Crippen LogP contribution in [0.5, 0.6) is 11.5 Å². The maximum atomic E-state index is 6.09. The molecule has 0 fully saturated rings. The zero-order chi connectivity index (χ0) is 15.4. The molecule has 0 radical (unpaired) electrons. The lowest BCUT2D eigenvalue weighted by Crippen LogP contribution is -2.29. The molecular weight excluding hydrogens is 266 g/mol. The first-order valence-corrected chi connectivity index (χ1v) is 7.12. The van der Waals surface area contributed by atoms with Crippen molar-refractivity contribution in [2.75, 3.05) is 7.11 Å². The van der Waals surface area contributed by atoms with Gasteiger partial charge in [-0.3, -0.25) is 4.68 Å². The van der Waals surface area contributed by atoms with E-state index in [-0.39, 0.29) is 12.1 Å². The maximum Gasteiger partial charge on any atom is 0.162 e. The summed E-state index contributed by atoms with van der Waals surface area (Å²) in [5.41, 5.74) is 8.23. The fourth-order valence-corrected chi connectivity index (χ4v) is 2.23. The molecule has 2 N–H and O–H groups in total. The molecule has 0 aliphatic rings. The molecule has 1 aromatic heterocycles. The summed E-state index contributed by atoms with van der Waals surface area (Å²) < 4.78 is 13.3. The van der Waals surface area contributed by atoms with Crippen LogP contribution in [-0.4, -0.2) is 22.9 Å². The average Bonchev–Trinajstić information content (AvgIpc) is 2.90. The van der Waals surface area contributed by atoms with Crippen LogP contribution in [0.4, 0.5) is 0 Å². The van der Waals surface area contributed by atoms with Crippen LogP contribution in [0, 0.1) is 0 Å². The molecule has 0 aliphatic heterocycles. The summed E-state index contributed by atoms with van der Waals surface area (Å²) in [4.78, 5) is 0. The molecule has 1 heterocycles. The number of hydrogen-bond acceptors (Lipinski definition) is 4. The second-order valence-electron chi connectivity index (χ2n) is 5.18. The van der Waals surface area contributed by atoms with Crippen molar-refractivity contribution >= 4 is 0 Å². The van der Waals surface area contributed by atoms with Gasteiger partial charge in [-0.1, -0.05) is 13.0 Å². The quantitative estimate of drug-likeness (QED) is 0.887. The van der Waals surface area contributed by atoms with Gasteiger partial charge in [-0.15, -0.1) is 0 Å². The summed E-state index contributed by atoms with van der Waals surface area (Å²) in [6.45, 7) is 4.03. The number of methoxy groups -OCH3 is 1. The van der Waals surface area contributed by atoms with Crippen LogP contribution >= 0.6 is 0 Å². The first-order chi connectivity index (χ1) is 10.0. The van der Waals surface area contributed by atoms with Crippen molar-refractivity contribution < 1.29 is 9.47 Å². The van der Waals surface area contributed by atoms with E-state index in [0.717, 1.165) is 17.7 Å². The Morgan fingerprint density at radius 1 is 1.33 bits per heavy atom. The predicted molar refractivity (Wildman–Crippen MR) is 82.6 cm³/mol. The number of nitrogens with zero attached hydrogens (tertiary/aromatic N) is 2. The lowest BCUT2D eigenvalue weighted by Gasteiger charge is -2.23. The van der Waals surface area contributed by atoms with Crippen LogP contribution < -0.4 is 15.2 Å². The Hall–Kier alpha value is -2.01. The van der Waals surface area contributed by atoms with E-state index >= 15 is 0 Å². The van der Waals surface area contributed by atoms with Gasteiger partial charge in [0.2, 0.25) is 0 Å². The van der Waals surface area contributed by atoms with Gasteiger partial charge in [0, 0.05) is 24.8 Å². The van der Waals surface area contributed by atoms with Gasteiger partial charge in [0.1, 0.15) is 6.10 Å². The van der Waals surface area contributed by atoms with Crippen molar-refractivity contribution in [3.8, 4) is 11.5 Å². The molecule has 0 saturated heterocycles. The van der Waals surface area contributed by atoms with Crippen LogP contribution in [0.2, 0.25) is 0 Å². The van der Waals surface area contributed by atoms with Crippen LogP contribution in [0.15, 0.2) is 30.6 Å². The summed E-state index contributed by atoms with van der Waals surface area (Å²) >= 11 is 0. The lowest BCUT2D eigenvalue weighted by atomic mass is 10.1. The summed E-state index contributed by atoms with van der Waals surface area (Å²) in [6, 6.07) is 5.81. The summed E-state index contributed by atoms with van der Waals surface area (Å²) in [7, 11) is 3.52. The van der Waals surface area contributed by atoms with E-state index in [4.69, 9.17) is 15.2 Å². The minimum atomic E-state index is -0.264. The van der Waals surface area contributed by atoms with E-state index in [2.05, 4.69) is 12.0 Å². The van der Waals surface area contributed by atoms with Crippen LogP contribution in [-0.2, 0) is 13.5 Å². The maximum absolute atomic E-state index is 6.09. The summed E-state index contributed by atoms with van der Waals surface area (Å²) in [5, 5.41) is 4.18. The van der Waals surface area contributed by atoms with Crippen molar-refractivity contribution in [3.05, 3.63) is 41.7 Å². The molecule has 0 saturated carbocycles. The van der Waals surface area contributed by atoms with Gasteiger partial charge >= 0.3 is 0 Å². The highest BCUT2D eigenvalue weighted by Gasteiger charge is 2.21. The van der Waals surface area contributed by atoms with Crippen LogP contribution in [0.25, 0.3) is 0 Å². The summed E-state index contributed by atoms with van der Waals surface area (Å²) in [5.74, 6) is 1.42. The molecule has 2 atom stereocenters. The fourth-order valence-electron chi connectivity index (χ4n) is 2.23. The van der Waals surface area contributed by atoms with E-state index in [1.54, 1.807) is 18.0 Å². The number of nitrogens with two attached hydrogens (primary N) is 1. The monoisotopic (exact) mass is 289 g/mol. The van der Waals surface area contributed by atoms with Gasteiger partial charge in [0.25, 0.3) is 0 Å². The number of benzene rings is 1. The van der Waals surface area contributed by atoms with Crippen LogP contribution in [0.1, 0.15) is 31.1 Å². The van der Waals surface area contributed by atoms with Gasteiger partial charge < -0.3 is 15.2 Å². The highest BCUT2D eigenvalue weighted by atomic mass is 16.5. The molecule has 5 nitrogen and oxygen atoms in total. The smallest absolute Gasteiger partial charge is 0.162 e. The topological polar surface area (TPSA) is 62.3 Å². The average molecular weight is 289 g/mol. The molecule has 1 aromatic carbocycles. The van der Waals surface area contributed by atoms with Gasteiger partial charge in [-0.05, 0) is 31.0 Å². The molecule has 21 heavy (non-hydrogen) atoms. The van der Waals surface area contributed by atoms with Gasteiger partial charge in [-0.2, -0.15) is 5.10 Å². The van der Waals surface area contributed by atoms with Crippen molar-refractivity contribution in [3.63, 3.8) is 0 Å². The molecule has 5 heteroatoms. The van der Waals surface area contributed by atoms with E-state index < -0.39 is 0 Å². The Bertz CT molecular complexity index is 593. The largest absolute Gasteiger partial charge is 0.493 e. The number of rotatable bonds is 6. The number of ether oxygens (including phenoxy) is 2.